The summed E-state index contributed by atoms with van der Waals surface area (Å²) in [7, 11) is 1.49. The summed E-state index contributed by atoms with van der Waals surface area (Å²) < 4.78 is 5.34. The molecule has 23 heavy (non-hydrogen) atoms. The number of fused-ring (bicyclic) bond motifs is 1. The van der Waals surface area contributed by atoms with Gasteiger partial charge in [0.2, 0.25) is 17.2 Å². The Hall–Kier alpha value is -3.06. The minimum absolute atomic E-state index is 0.205. The molecule has 0 bridgehead atoms. The van der Waals surface area contributed by atoms with Gasteiger partial charge in [-0.3, -0.25) is 0 Å². The van der Waals surface area contributed by atoms with Gasteiger partial charge < -0.3 is 36.0 Å². The van der Waals surface area contributed by atoms with Crippen LogP contribution in [0.5, 0.6) is 28.7 Å². The second-order valence-corrected chi connectivity index (χ2v) is 5.20. The van der Waals surface area contributed by atoms with Gasteiger partial charge in [0.05, 0.1) is 5.56 Å². The molecule has 2 aromatic carbocycles. The van der Waals surface area contributed by atoms with Crippen molar-refractivity contribution in [1.82, 2.24) is 0 Å². The Morgan fingerprint density at radius 3 is 2.04 bits per heavy atom. The second kappa shape index (κ2) is 4.99. The Kier molecular flexibility index (Phi) is 3.23. The van der Waals surface area contributed by atoms with Crippen LogP contribution in [0.3, 0.4) is 0 Å². The zero-order valence-electron chi connectivity index (χ0n) is 12.1. The topological polar surface area (TPSA) is 136 Å². The van der Waals surface area contributed by atoms with Crippen molar-refractivity contribution >= 4 is 11.3 Å². The van der Waals surface area contributed by atoms with Crippen molar-refractivity contribution in [3.8, 4) is 28.7 Å². The summed E-state index contributed by atoms with van der Waals surface area (Å²) in [5.74, 6) is -4.33. The van der Waals surface area contributed by atoms with Gasteiger partial charge in [-0.25, -0.2) is 0 Å². The number of ether oxygens (including phenoxy) is 1. The van der Waals surface area contributed by atoms with Crippen LogP contribution in [0.2, 0.25) is 0 Å². The minimum Gasteiger partial charge on any atom is -0.504 e. The highest BCUT2D eigenvalue weighted by Crippen LogP contribution is 2.55. The number of rotatable bonds is 2. The molecule has 2 aromatic rings. The third kappa shape index (κ3) is 2.01. The Bertz CT molecular complexity index is 814. The van der Waals surface area contributed by atoms with Crippen molar-refractivity contribution in [3.05, 3.63) is 41.0 Å². The summed E-state index contributed by atoms with van der Waals surface area (Å²) in [6, 6.07) is 5.01. The molecule has 0 unspecified atom stereocenters. The predicted molar refractivity (Wildman–Crippen MR) is 82.4 cm³/mol. The highest BCUT2D eigenvalue weighted by molar-refractivity contribution is 5.93. The Morgan fingerprint density at radius 1 is 0.913 bits per heavy atom. The van der Waals surface area contributed by atoms with Gasteiger partial charge in [0.15, 0.2) is 11.5 Å². The van der Waals surface area contributed by atoms with Gasteiger partial charge in [0, 0.05) is 12.8 Å². The van der Waals surface area contributed by atoms with Crippen molar-refractivity contribution in [2.45, 2.75) is 6.10 Å². The molecule has 7 N–H and O–H groups in total. The van der Waals surface area contributed by atoms with Crippen LogP contribution in [0.1, 0.15) is 22.8 Å². The summed E-state index contributed by atoms with van der Waals surface area (Å²) in [6.07, 6.45) is 1.13. The zero-order chi connectivity index (χ0) is 16.9. The van der Waals surface area contributed by atoms with Crippen molar-refractivity contribution in [1.29, 1.82) is 0 Å². The van der Waals surface area contributed by atoms with Crippen LogP contribution in [0, 0.1) is 0 Å². The van der Waals surface area contributed by atoms with Crippen LogP contribution < -0.4 is 5.73 Å². The maximum Gasteiger partial charge on any atom is 0.208 e. The van der Waals surface area contributed by atoms with Gasteiger partial charge in [-0.2, -0.15) is 0 Å². The number of phenols is 5. The zero-order valence-corrected chi connectivity index (χ0v) is 12.1. The monoisotopic (exact) mass is 317 g/mol. The molecule has 0 heterocycles. The van der Waals surface area contributed by atoms with Crippen molar-refractivity contribution in [2.75, 3.05) is 12.8 Å². The summed E-state index contributed by atoms with van der Waals surface area (Å²) >= 11 is 0. The lowest BCUT2D eigenvalue weighted by Gasteiger charge is -2.14. The van der Waals surface area contributed by atoms with Crippen LogP contribution in [-0.2, 0) is 4.74 Å². The molecule has 1 aliphatic rings. The largest absolute Gasteiger partial charge is 0.504 e. The molecule has 0 aromatic heterocycles. The van der Waals surface area contributed by atoms with E-state index in [9.17, 15) is 25.5 Å². The smallest absolute Gasteiger partial charge is 0.208 e. The first-order valence-corrected chi connectivity index (χ1v) is 6.70. The van der Waals surface area contributed by atoms with Gasteiger partial charge in [0.25, 0.3) is 0 Å². The fraction of sp³-hybridized carbons (Fsp3) is 0.125. The number of aromatic hydroxyl groups is 5. The normalized spacial score (nSPS) is 16.2. The molecule has 0 spiro atoms. The predicted octanol–water partition coefficient (Wildman–Crippen LogP) is 1.93. The molecule has 1 aliphatic carbocycles. The SMILES string of the molecule is CO[C@H]1C=C(c2c(O)c(O)c(O)c(O)c2O)c2ccc(N)cc21. The van der Waals surface area contributed by atoms with Gasteiger partial charge >= 0.3 is 0 Å². The lowest BCUT2D eigenvalue weighted by molar-refractivity contribution is 0.145. The molecule has 0 aliphatic heterocycles. The van der Waals surface area contributed by atoms with E-state index in [-0.39, 0.29) is 5.56 Å². The number of phenolic OH excluding ortho intramolecular Hbond substituents is 5. The fourth-order valence-corrected chi connectivity index (χ4v) is 2.75. The molecule has 0 saturated carbocycles. The fourth-order valence-electron chi connectivity index (χ4n) is 2.75. The quantitative estimate of drug-likeness (QED) is 0.283. The maximum absolute atomic E-state index is 10.1. The van der Waals surface area contributed by atoms with E-state index in [4.69, 9.17) is 10.5 Å². The number of hydrogen-bond acceptors (Lipinski definition) is 7. The Morgan fingerprint density at radius 2 is 1.48 bits per heavy atom. The first-order valence-electron chi connectivity index (χ1n) is 6.70. The molecule has 0 fully saturated rings. The lowest BCUT2D eigenvalue weighted by Crippen LogP contribution is -1.97. The van der Waals surface area contributed by atoms with E-state index in [0.29, 0.717) is 22.4 Å². The van der Waals surface area contributed by atoms with E-state index in [1.807, 2.05) is 0 Å². The van der Waals surface area contributed by atoms with Crippen LogP contribution >= 0.6 is 0 Å². The molecule has 7 heteroatoms. The van der Waals surface area contributed by atoms with Crippen molar-refractivity contribution < 1.29 is 30.3 Å². The number of nitrogens with two attached hydrogens (primary N) is 1. The highest BCUT2D eigenvalue weighted by atomic mass is 16.5. The van der Waals surface area contributed by atoms with Gasteiger partial charge in [-0.05, 0) is 34.9 Å². The van der Waals surface area contributed by atoms with E-state index in [2.05, 4.69) is 0 Å². The maximum atomic E-state index is 10.1. The van der Waals surface area contributed by atoms with Crippen LogP contribution in [0.25, 0.3) is 5.57 Å². The third-order valence-corrected chi connectivity index (χ3v) is 3.88. The summed E-state index contributed by atoms with van der Waals surface area (Å²) in [4.78, 5) is 0. The average Bonchev–Trinajstić information content (AvgIpc) is 2.89. The van der Waals surface area contributed by atoms with E-state index < -0.39 is 34.9 Å². The van der Waals surface area contributed by atoms with E-state index in [1.165, 1.54) is 7.11 Å². The molecular formula is C16H15NO6. The molecule has 3 rings (SSSR count). The highest BCUT2D eigenvalue weighted by Gasteiger charge is 2.31. The van der Waals surface area contributed by atoms with Crippen molar-refractivity contribution in [3.63, 3.8) is 0 Å². The Labute approximate surface area is 131 Å². The van der Waals surface area contributed by atoms with Gasteiger partial charge in [0.1, 0.15) is 6.10 Å². The molecule has 0 amide bonds. The average molecular weight is 317 g/mol. The second-order valence-electron chi connectivity index (χ2n) is 5.20. The van der Waals surface area contributed by atoms with E-state index >= 15 is 0 Å². The number of benzene rings is 2. The minimum atomic E-state index is -0.997. The number of nitrogen functional groups attached to an aromatic ring is 1. The Balaban J connectivity index is 2.30. The van der Waals surface area contributed by atoms with Crippen LogP contribution in [-0.4, -0.2) is 32.6 Å². The van der Waals surface area contributed by atoms with Crippen molar-refractivity contribution in [2.24, 2.45) is 0 Å². The summed E-state index contributed by atoms with van der Waals surface area (Å²) in [6.45, 7) is 0. The number of methoxy groups -OCH3 is 1. The molecule has 0 saturated heterocycles. The summed E-state index contributed by atoms with van der Waals surface area (Å²) in [5, 5.41) is 49.1. The standard InChI is InChI=1S/C16H15NO6/c1-23-10-5-9(7-3-2-6(17)4-8(7)10)11-12(18)14(20)16(22)15(21)13(11)19/h2-5,10,18-22H,17H2,1H3/t10-/m0/s1. The number of hydrogen-bond donors (Lipinski definition) is 6. The van der Waals surface area contributed by atoms with Crippen LogP contribution in [0.15, 0.2) is 24.3 Å². The molecule has 0 radical (unpaired) electrons. The third-order valence-electron chi connectivity index (χ3n) is 3.88. The number of anilines is 1. The molecular weight excluding hydrogens is 302 g/mol. The lowest BCUT2D eigenvalue weighted by atomic mass is 9.96. The molecule has 120 valence electrons. The van der Waals surface area contributed by atoms with Crippen LogP contribution in [0.4, 0.5) is 5.69 Å². The summed E-state index contributed by atoms with van der Waals surface area (Å²) in [5.41, 5.74) is 7.75. The molecule has 7 nitrogen and oxygen atoms in total. The first-order chi connectivity index (χ1) is 10.9. The molecule has 1 atom stereocenters. The first kappa shape index (κ1) is 14.9. The van der Waals surface area contributed by atoms with E-state index in [0.717, 1.165) is 0 Å². The van der Waals surface area contributed by atoms with Gasteiger partial charge in [-0.15, -0.1) is 0 Å². The van der Waals surface area contributed by atoms with E-state index in [1.54, 1.807) is 24.3 Å². The van der Waals surface area contributed by atoms with Gasteiger partial charge in [-0.1, -0.05) is 6.07 Å².